The predicted octanol–water partition coefficient (Wildman–Crippen LogP) is 4.78. The molecular weight excluding hydrogens is 356 g/mol. The maximum atomic E-state index is 11.5. The third kappa shape index (κ3) is 3.58. The van der Waals surface area contributed by atoms with Gasteiger partial charge in [-0.3, -0.25) is 9.69 Å². The average molecular weight is 383 g/mol. The molecular formula is C26H26N2O. The van der Waals surface area contributed by atoms with Gasteiger partial charge in [0.1, 0.15) is 0 Å². The van der Waals surface area contributed by atoms with E-state index in [1.54, 1.807) is 6.92 Å². The topological polar surface area (TPSA) is 23.6 Å². The molecule has 1 fully saturated rings. The molecule has 0 saturated carbocycles. The van der Waals surface area contributed by atoms with Gasteiger partial charge in [-0.25, -0.2) is 0 Å². The zero-order chi connectivity index (χ0) is 19.8. The second-order valence-electron chi connectivity index (χ2n) is 8.19. The van der Waals surface area contributed by atoms with E-state index < -0.39 is 0 Å². The van der Waals surface area contributed by atoms with Gasteiger partial charge in [0.2, 0.25) is 0 Å². The Balaban J connectivity index is 1.21. The Hall–Kier alpha value is -2.91. The number of hydrogen-bond acceptors (Lipinski definition) is 3. The number of piperazine rings is 1. The number of ketones is 1. The molecule has 1 saturated heterocycles. The first-order valence-electron chi connectivity index (χ1n) is 10.5. The summed E-state index contributed by atoms with van der Waals surface area (Å²) in [5.41, 5.74) is 9.13. The fourth-order valence-electron chi connectivity index (χ4n) is 4.63. The van der Waals surface area contributed by atoms with Crippen LogP contribution in [0.3, 0.4) is 0 Å². The third-order valence-corrected chi connectivity index (χ3v) is 6.28. The lowest BCUT2D eigenvalue weighted by atomic mass is 10.0. The highest BCUT2D eigenvalue weighted by molar-refractivity contribution is 5.94. The van der Waals surface area contributed by atoms with Crippen molar-refractivity contribution in [1.82, 2.24) is 4.90 Å². The van der Waals surface area contributed by atoms with Crippen molar-refractivity contribution in [3.63, 3.8) is 0 Å². The molecule has 1 aliphatic carbocycles. The number of carbonyl (C=O) groups is 1. The van der Waals surface area contributed by atoms with Crippen LogP contribution >= 0.6 is 0 Å². The Morgan fingerprint density at radius 2 is 1.55 bits per heavy atom. The van der Waals surface area contributed by atoms with Crippen LogP contribution in [0.1, 0.15) is 34.0 Å². The van der Waals surface area contributed by atoms with Crippen molar-refractivity contribution in [2.24, 2.45) is 0 Å². The third-order valence-electron chi connectivity index (χ3n) is 6.28. The van der Waals surface area contributed by atoms with Gasteiger partial charge in [-0.2, -0.15) is 0 Å². The van der Waals surface area contributed by atoms with E-state index in [1.807, 2.05) is 12.1 Å². The number of anilines is 1. The first-order chi connectivity index (χ1) is 14.2. The largest absolute Gasteiger partial charge is 0.369 e. The number of rotatable bonds is 4. The quantitative estimate of drug-likeness (QED) is 0.475. The molecule has 146 valence electrons. The Labute approximate surface area is 172 Å². The van der Waals surface area contributed by atoms with E-state index >= 15 is 0 Å². The number of hydrogen-bond donors (Lipinski definition) is 0. The molecule has 0 unspecified atom stereocenters. The van der Waals surface area contributed by atoms with Gasteiger partial charge in [0.15, 0.2) is 5.78 Å². The summed E-state index contributed by atoms with van der Waals surface area (Å²) >= 11 is 0. The van der Waals surface area contributed by atoms with Crippen molar-refractivity contribution in [2.45, 2.75) is 19.9 Å². The van der Waals surface area contributed by atoms with Crippen LogP contribution in [-0.4, -0.2) is 36.9 Å². The number of nitrogens with zero attached hydrogens (tertiary/aromatic N) is 2. The Kier molecular flexibility index (Phi) is 4.69. The Morgan fingerprint density at radius 3 is 2.31 bits per heavy atom. The highest BCUT2D eigenvalue weighted by atomic mass is 16.1. The zero-order valence-corrected chi connectivity index (χ0v) is 16.9. The molecule has 3 aromatic rings. The lowest BCUT2D eigenvalue weighted by molar-refractivity contribution is 0.101. The smallest absolute Gasteiger partial charge is 0.159 e. The van der Waals surface area contributed by atoms with Gasteiger partial charge in [0, 0.05) is 44.0 Å². The molecule has 0 spiro atoms. The summed E-state index contributed by atoms with van der Waals surface area (Å²) in [4.78, 5) is 16.4. The summed E-state index contributed by atoms with van der Waals surface area (Å²) in [5.74, 6) is 0.124. The number of benzene rings is 3. The summed E-state index contributed by atoms with van der Waals surface area (Å²) in [6, 6.07) is 23.8. The van der Waals surface area contributed by atoms with Crippen LogP contribution in [0.15, 0.2) is 66.7 Å². The molecule has 29 heavy (non-hydrogen) atoms. The van der Waals surface area contributed by atoms with Crippen LogP contribution in [-0.2, 0) is 13.0 Å². The highest BCUT2D eigenvalue weighted by Crippen LogP contribution is 2.36. The lowest BCUT2D eigenvalue weighted by Crippen LogP contribution is -2.45. The second-order valence-corrected chi connectivity index (χ2v) is 8.19. The van der Waals surface area contributed by atoms with Gasteiger partial charge in [-0.1, -0.05) is 42.5 Å². The van der Waals surface area contributed by atoms with Crippen molar-refractivity contribution >= 4 is 11.5 Å². The molecule has 1 heterocycles. The van der Waals surface area contributed by atoms with Crippen molar-refractivity contribution in [1.29, 1.82) is 0 Å². The van der Waals surface area contributed by atoms with E-state index in [1.165, 1.54) is 33.5 Å². The first kappa shape index (κ1) is 18.1. The number of carbonyl (C=O) groups excluding carboxylic acids is 1. The van der Waals surface area contributed by atoms with Crippen LogP contribution < -0.4 is 4.90 Å². The van der Waals surface area contributed by atoms with Crippen molar-refractivity contribution in [2.75, 3.05) is 31.1 Å². The lowest BCUT2D eigenvalue weighted by Gasteiger charge is -2.36. The minimum atomic E-state index is 0.124. The van der Waals surface area contributed by atoms with Crippen molar-refractivity contribution in [3.8, 4) is 11.1 Å². The van der Waals surface area contributed by atoms with Gasteiger partial charge in [0.05, 0.1) is 0 Å². The Bertz CT molecular complexity index is 1050. The van der Waals surface area contributed by atoms with Crippen LogP contribution in [0.5, 0.6) is 0 Å². The molecule has 5 rings (SSSR count). The summed E-state index contributed by atoms with van der Waals surface area (Å²) in [6.45, 7) is 6.80. The fraction of sp³-hybridized carbons (Fsp3) is 0.269. The summed E-state index contributed by atoms with van der Waals surface area (Å²) in [7, 11) is 0. The van der Waals surface area contributed by atoms with Crippen LogP contribution in [0.4, 0.5) is 5.69 Å². The van der Waals surface area contributed by atoms with Gasteiger partial charge >= 0.3 is 0 Å². The van der Waals surface area contributed by atoms with Crippen LogP contribution in [0.2, 0.25) is 0 Å². The van der Waals surface area contributed by atoms with E-state index in [4.69, 9.17) is 0 Å². The maximum Gasteiger partial charge on any atom is 0.159 e. The van der Waals surface area contributed by atoms with E-state index in [0.717, 1.165) is 44.7 Å². The molecule has 3 aromatic carbocycles. The van der Waals surface area contributed by atoms with Gasteiger partial charge in [-0.05, 0) is 65.4 Å². The average Bonchev–Trinajstić information content (AvgIpc) is 3.12. The van der Waals surface area contributed by atoms with E-state index in [0.29, 0.717) is 0 Å². The molecule has 3 heteroatoms. The molecule has 0 N–H and O–H groups in total. The fourth-order valence-corrected chi connectivity index (χ4v) is 4.63. The molecule has 0 radical (unpaired) electrons. The van der Waals surface area contributed by atoms with Gasteiger partial charge in [0.25, 0.3) is 0 Å². The number of Topliss-reactive ketones (excluding diaryl/α,β-unsaturated/α-hetero) is 1. The SMILES string of the molecule is CC(=O)c1ccc(N2CCN(Cc3ccc4c(c3)Cc3ccccc3-4)CC2)cc1. The maximum absolute atomic E-state index is 11.5. The van der Waals surface area contributed by atoms with Gasteiger partial charge in [-0.15, -0.1) is 0 Å². The predicted molar refractivity (Wildman–Crippen MR) is 119 cm³/mol. The Morgan fingerprint density at radius 1 is 0.828 bits per heavy atom. The molecule has 0 atom stereocenters. The minimum absolute atomic E-state index is 0.124. The number of fused-ring (bicyclic) bond motifs is 3. The molecule has 0 aromatic heterocycles. The highest BCUT2D eigenvalue weighted by Gasteiger charge is 2.20. The molecule has 2 aliphatic rings. The normalized spacial score (nSPS) is 15.8. The second kappa shape index (κ2) is 7.49. The van der Waals surface area contributed by atoms with E-state index in [-0.39, 0.29) is 5.78 Å². The van der Waals surface area contributed by atoms with Gasteiger partial charge < -0.3 is 4.90 Å². The molecule has 3 nitrogen and oxygen atoms in total. The summed E-state index contributed by atoms with van der Waals surface area (Å²) < 4.78 is 0. The zero-order valence-electron chi connectivity index (χ0n) is 16.9. The van der Waals surface area contributed by atoms with Crippen LogP contribution in [0.25, 0.3) is 11.1 Å². The van der Waals surface area contributed by atoms with Crippen LogP contribution in [0, 0.1) is 0 Å². The van der Waals surface area contributed by atoms with Crippen molar-refractivity contribution < 1.29 is 4.79 Å². The minimum Gasteiger partial charge on any atom is -0.369 e. The summed E-state index contributed by atoms with van der Waals surface area (Å²) in [5, 5.41) is 0. The first-order valence-corrected chi connectivity index (χ1v) is 10.5. The monoisotopic (exact) mass is 382 g/mol. The molecule has 1 aliphatic heterocycles. The molecule has 0 amide bonds. The van der Waals surface area contributed by atoms with E-state index in [2.05, 4.69) is 64.4 Å². The summed E-state index contributed by atoms with van der Waals surface area (Å²) in [6.07, 6.45) is 1.06. The van der Waals surface area contributed by atoms with Crippen molar-refractivity contribution in [3.05, 3.63) is 89.0 Å². The molecule has 0 bridgehead atoms. The van der Waals surface area contributed by atoms with E-state index in [9.17, 15) is 4.79 Å². The standard InChI is InChI=1S/C26H26N2O/c1-19(29)21-7-9-24(10-8-21)28-14-12-27(13-15-28)18-20-6-11-26-23(16-20)17-22-4-2-3-5-25(22)26/h2-11,16H,12-15,17-18H2,1H3.